The summed E-state index contributed by atoms with van der Waals surface area (Å²) in [4.78, 5) is 0. The molecule has 0 rings (SSSR count). The van der Waals surface area contributed by atoms with Crippen molar-refractivity contribution in [3.8, 4) is 9.90 Å². The fourth-order valence-corrected chi connectivity index (χ4v) is 18.8. The number of terminal acetylenes is 1. The summed E-state index contributed by atoms with van der Waals surface area (Å²) in [5.41, 5.74) is 0. The van der Waals surface area contributed by atoms with Crippen LogP contribution in [0.1, 0.15) is 59.3 Å². The molecule has 88 valence electrons. The van der Waals surface area contributed by atoms with Gasteiger partial charge in [0.1, 0.15) is 0 Å². The van der Waals surface area contributed by atoms with E-state index in [0.29, 0.717) is 0 Å². The van der Waals surface area contributed by atoms with Crippen LogP contribution in [-0.4, -0.2) is 21.2 Å². The monoisotopic (exact) mass is 404 g/mol. The van der Waals surface area contributed by atoms with Gasteiger partial charge < -0.3 is 0 Å². The third-order valence-corrected chi connectivity index (χ3v) is 21.0. The van der Waals surface area contributed by atoms with E-state index in [1.807, 2.05) is 0 Å². The molecule has 0 aromatic carbocycles. The van der Waals surface area contributed by atoms with Crippen molar-refractivity contribution >= 4 is 21.2 Å². The zero-order valence-corrected chi connectivity index (χ0v) is 14.8. The summed E-state index contributed by atoms with van der Waals surface area (Å²) in [6, 6.07) is 0. The Labute approximate surface area is 102 Å². The minimum absolute atomic E-state index is 1.32. The first-order chi connectivity index (χ1) is 7.24. The zero-order valence-electron chi connectivity index (χ0n) is 10.9. The molecule has 0 saturated carbocycles. The molecule has 0 aliphatic carbocycles. The van der Waals surface area contributed by atoms with Gasteiger partial charge in [-0.1, -0.05) is 0 Å². The van der Waals surface area contributed by atoms with Crippen LogP contribution >= 0.6 is 0 Å². The van der Waals surface area contributed by atoms with Crippen molar-refractivity contribution in [2.24, 2.45) is 0 Å². The average molecular weight is 404 g/mol. The van der Waals surface area contributed by atoms with E-state index in [2.05, 4.69) is 24.3 Å². The fourth-order valence-electron chi connectivity index (χ4n) is 2.14. The van der Waals surface area contributed by atoms with Crippen molar-refractivity contribution in [1.29, 1.82) is 0 Å². The SMILES string of the molecule is C#[C][Pb]([CH2]CCC)([CH2]CCC)[CH2]CCC. The van der Waals surface area contributed by atoms with Gasteiger partial charge in [0.25, 0.3) is 0 Å². The minimum atomic E-state index is -2.22. The molecule has 0 fully saturated rings. The van der Waals surface area contributed by atoms with Crippen molar-refractivity contribution in [1.82, 2.24) is 0 Å². The van der Waals surface area contributed by atoms with Crippen molar-refractivity contribution in [3.63, 3.8) is 0 Å². The van der Waals surface area contributed by atoms with Crippen LogP contribution in [0.2, 0.25) is 11.9 Å². The van der Waals surface area contributed by atoms with Gasteiger partial charge in [-0.05, 0) is 0 Å². The van der Waals surface area contributed by atoms with E-state index in [-0.39, 0.29) is 0 Å². The first kappa shape index (κ1) is 15.5. The Morgan fingerprint density at radius 2 is 1.13 bits per heavy atom. The normalized spacial score (nSPS) is 11.3. The van der Waals surface area contributed by atoms with E-state index < -0.39 is 21.2 Å². The summed E-state index contributed by atoms with van der Waals surface area (Å²) in [6.45, 7) is 6.86. The van der Waals surface area contributed by atoms with Gasteiger partial charge in [0.15, 0.2) is 0 Å². The summed E-state index contributed by atoms with van der Waals surface area (Å²) < 4.78 is 7.72. The van der Waals surface area contributed by atoms with Gasteiger partial charge in [-0.25, -0.2) is 0 Å². The van der Waals surface area contributed by atoms with Gasteiger partial charge in [-0.3, -0.25) is 0 Å². The van der Waals surface area contributed by atoms with Gasteiger partial charge in [0, 0.05) is 0 Å². The molecule has 0 nitrogen and oxygen atoms in total. The zero-order chi connectivity index (χ0) is 11.6. The Balaban J connectivity index is 4.25. The molecular formula is C14H28Pb. The van der Waals surface area contributed by atoms with Gasteiger partial charge in [-0.2, -0.15) is 0 Å². The van der Waals surface area contributed by atoms with Crippen LogP contribution in [0.4, 0.5) is 0 Å². The standard InChI is InChI=1S/3C4H9.C2H.Pb/c3*1-3-4-2;1-2;/h3*1,3-4H2,2H3;1H;. The van der Waals surface area contributed by atoms with Crippen molar-refractivity contribution in [2.75, 3.05) is 0 Å². The topological polar surface area (TPSA) is 0 Å². The van der Waals surface area contributed by atoms with Gasteiger partial charge >= 0.3 is 102 Å². The fraction of sp³-hybridized carbons (Fsp3) is 0.857. The van der Waals surface area contributed by atoms with E-state index in [1.54, 1.807) is 0 Å². The van der Waals surface area contributed by atoms with Crippen LogP contribution in [0.3, 0.4) is 0 Å². The average Bonchev–Trinajstić information content (AvgIpc) is 2.29. The molecule has 0 bridgehead atoms. The number of hydrogen-bond acceptors (Lipinski definition) is 0. The summed E-state index contributed by atoms with van der Waals surface area (Å²) in [6.07, 6.45) is 14.0. The second-order valence-corrected chi connectivity index (χ2v) is 21.6. The first-order valence-electron chi connectivity index (χ1n) is 6.72. The molecule has 0 aliphatic rings. The predicted molar refractivity (Wildman–Crippen MR) is 73.7 cm³/mol. The molecule has 15 heavy (non-hydrogen) atoms. The summed E-state index contributed by atoms with van der Waals surface area (Å²) in [7, 11) is 0. The van der Waals surface area contributed by atoms with E-state index >= 15 is 0 Å². The Morgan fingerprint density at radius 1 is 0.800 bits per heavy atom. The maximum atomic E-state index is 5.88. The third kappa shape index (κ3) is 6.61. The third-order valence-electron chi connectivity index (χ3n) is 3.33. The van der Waals surface area contributed by atoms with E-state index in [4.69, 9.17) is 6.42 Å². The molecule has 1 heteroatoms. The van der Waals surface area contributed by atoms with E-state index in [9.17, 15) is 0 Å². The first-order valence-corrected chi connectivity index (χ1v) is 16.9. The van der Waals surface area contributed by atoms with Crippen molar-refractivity contribution in [3.05, 3.63) is 0 Å². The quantitative estimate of drug-likeness (QED) is 0.375. The number of hydrogen-bond donors (Lipinski definition) is 0. The molecule has 0 amide bonds. The molecule has 0 spiro atoms. The molecule has 0 heterocycles. The molecule has 0 aliphatic heterocycles. The molecule has 0 N–H and O–H groups in total. The van der Waals surface area contributed by atoms with E-state index in [0.717, 1.165) is 0 Å². The molecule has 0 unspecified atom stereocenters. The summed E-state index contributed by atoms with van der Waals surface area (Å²) >= 11 is -2.22. The van der Waals surface area contributed by atoms with Gasteiger partial charge in [0.05, 0.1) is 0 Å². The van der Waals surface area contributed by atoms with Crippen LogP contribution in [0.25, 0.3) is 0 Å². The molecule has 0 saturated heterocycles. The van der Waals surface area contributed by atoms with Crippen LogP contribution in [0, 0.1) is 9.90 Å². The van der Waals surface area contributed by atoms with Gasteiger partial charge in [0.2, 0.25) is 0 Å². The summed E-state index contributed by atoms with van der Waals surface area (Å²) in [5, 5.41) is 0. The Kier molecular flexibility index (Phi) is 10.0. The molecule has 0 aromatic rings. The van der Waals surface area contributed by atoms with Crippen molar-refractivity contribution in [2.45, 2.75) is 71.2 Å². The maximum absolute atomic E-state index is 5.88. The molecular weight excluding hydrogens is 375 g/mol. The predicted octanol–water partition coefficient (Wildman–Crippen LogP) is 5.01. The Bertz CT molecular complexity index is 156. The second kappa shape index (κ2) is 9.69. The summed E-state index contributed by atoms with van der Waals surface area (Å²) in [5.74, 6) is 0. The second-order valence-electron chi connectivity index (χ2n) is 4.74. The Morgan fingerprint density at radius 3 is 1.33 bits per heavy atom. The van der Waals surface area contributed by atoms with Crippen LogP contribution < -0.4 is 0 Å². The Hall–Kier alpha value is 0.482. The van der Waals surface area contributed by atoms with Crippen LogP contribution in [0.15, 0.2) is 0 Å². The van der Waals surface area contributed by atoms with Gasteiger partial charge in [-0.15, -0.1) is 0 Å². The molecule has 0 atom stereocenters. The van der Waals surface area contributed by atoms with Crippen LogP contribution in [-0.2, 0) is 0 Å². The molecule has 0 radical (unpaired) electrons. The molecule has 0 aromatic heterocycles. The van der Waals surface area contributed by atoms with Crippen LogP contribution in [0.5, 0.6) is 0 Å². The van der Waals surface area contributed by atoms with Crippen molar-refractivity contribution < 1.29 is 0 Å². The number of unbranched alkanes of at least 4 members (excludes halogenated alkanes) is 3. The number of rotatable bonds is 9. The van der Waals surface area contributed by atoms with E-state index in [1.165, 1.54) is 50.5 Å².